The van der Waals surface area contributed by atoms with Gasteiger partial charge in [-0.25, -0.2) is 4.68 Å². The number of nitrogens with zero attached hydrogens (tertiary/aromatic N) is 3. The van der Waals surface area contributed by atoms with Gasteiger partial charge in [0, 0.05) is 0 Å². The number of hydrogen-bond acceptors (Lipinski definition) is 5. The summed E-state index contributed by atoms with van der Waals surface area (Å²) in [5.41, 5.74) is 2.62. The first-order chi connectivity index (χ1) is 9.88. The minimum Gasteiger partial charge on any atom is -0.336 e. The minimum absolute atomic E-state index is 0.172. The van der Waals surface area contributed by atoms with Gasteiger partial charge in [0.05, 0.1) is 16.5 Å². The Kier molecular flexibility index (Phi) is 4.74. The van der Waals surface area contributed by atoms with Gasteiger partial charge in [-0.05, 0) is 38.0 Å². The van der Waals surface area contributed by atoms with Gasteiger partial charge in [-0.15, -0.1) is 10.2 Å². The van der Waals surface area contributed by atoms with Gasteiger partial charge in [-0.3, -0.25) is 4.79 Å². The molecule has 6 nitrogen and oxygen atoms in total. The van der Waals surface area contributed by atoms with Crippen molar-refractivity contribution in [3.8, 4) is 0 Å². The number of carbonyl (C=O) groups is 1. The van der Waals surface area contributed by atoms with Crippen molar-refractivity contribution < 1.29 is 4.79 Å². The molecule has 0 fully saturated rings. The molecule has 1 amide bonds. The van der Waals surface area contributed by atoms with E-state index in [1.807, 2.05) is 26.0 Å². The van der Waals surface area contributed by atoms with Crippen molar-refractivity contribution in [1.29, 1.82) is 0 Å². The number of anilines is 1. The second-order valence-corrected chi connectivity index (χ2v) is 6.02. The molecule has 0 aliphatic carbocycles. The van der Waals surface area contributed by atoms with Crippen LogP contribution < -0.4 is 11.2 Å². The quantitative estimate of drug-likeness (QED) is 0.665. The van der Waals surface area contributed by atoms with E-state index in [2.05, 4.69) is 15.5 Å². The molecule has 21 heavy (non-hydrogen) atoms. The first kappa shape index (κ1) is 15.7. The molecule has 1 aromatic heterocycles. The summed E-state index contributed by atoms with van der Waals surface area (Å²) < 4.78 is 1.35. The maximum Gasteiger partial charge on any atom is 0.234 e. The Bertz CT molecular complexity index is 662. The van der Waals surface area contributed by atoms with Crippen LogP contribution in [0, 0.1) is 20.8 Å². The van der Waals surface area contributed by atoms with E-state index in [4.69, 9.17) is 17.4 Å². The van der Waals surface area contributed by atoms with Crippen molar-refractivity contribution in [1.82, 2.24) is 14.9 Å². The Hall–Kier alpha value is -1.73. The Morgan fingerprint density at radius 2 is 2.10 bits per heavy atom. The van der Waals surface area contributed by atoms with E-state index in [1.165, 1.54) is 16.4 Å². The number of benzene rings is 1. The number of hydrogen-bond donors (Lipinski definition) is 2. The number of amides is 1. The van der Waals surface area contributed by atoms with Gasteiger partial charge in [0.1, 0.15) is 5.82 Å². The van der Waals surface area contributed by atoms with Crippen LogP contribution in [-0.4, -0.2) is 26.5 Å². The first-order valence-corrected chi connectivity index (χ1v) is 7.61. The fourth-order valence-corrected chi connectivity index (χ4v) is 2.90. The zero-order valence-electron chi connectivity index (χ0n) is 12.0. The third-order valence-electron chi connectivity index (χ3n) is 2.86. The van der Waals surface area contributed by atoms with Gasteiger partial charge in [0.2, 0.25) is 11.1 Å². The molecule has 1 aromatic carbocycles. The van der Waals surface area contributed by atoms with Crippen molar-refractivity contribution in [3.63, 3.8) is 0 Å². The number of thioether (sulfide) groups is 1. The molecule has 0 aliphatic rings. The summed E-state index contributed by atoms with van der Waals surface area (Å²) in [4.78, 5) is 12.0. The molecule has 0 atom stereocenters. The average Bonchev–Trinajstić information content (AvgIpc) is 2.72. The normalized spacial score (nSPS) is 10.7. The van der Waals surface area contributed by atoms with Crippen LogP contribution in [0.5, 0.6) is 0 Å². The number of nitrogen functional groups attached to an aromatic ring is 1. The predicted octanol–water partition coefficient (Wildman–Crippen LogP) is 2.30. The Morgan fingerprint density at radius 1 is 1.38 bits per heavy atom. The fourth-order valence-electron chi connectivity index (χ4n) is 1.83. The Balaban J connectivity index is 2.01. The van der Waals surface area contributed by atoms with Crippen molar-refractivity contribution in [2.75, 3.05) is 16.9 Å². The van der Waals surface area contributed by atoms with E-state index in [1.54, 1.807) is 6.92 Å². The summed E-state index contributed by atoms with van der Waals surface area (Å²) in [6, 6.07) is 3.78. The lowest BCUT2D eigenvalue weighted by Gasteiger charge is -2.11. The largest absolute Gasteiger partial charge is 0.336 e. The van der Waals surface area contributed by atoms with Gasteiger partial charge in [-0.1, -0.05) is 29.4 Å². The molecule has 0 radical (unpaired) electrons. The third-order valence-corrected chi connectivity index (χ3v) is 4.10. The molecule has 0 spiro atoms. The lowest BCUT2D eigenvalue weighted by Crippen LogP contribution is -2.17. The highest BCUT2D eigenvalue weighted by Gasteiger charge is 2.12. The zero-order valence-corrected chi connectivity index (χ0v) is 13.5. The highest BCUT2D eigenvalue weighted by Crippen LogP contribution is 2.27. The van der Waals surface area contributed by atoms with Crippen LogP contribution >= 0.6 is 23.4 Å². The molecule has 0 saturated carbocycles. The van der Waals surface area contributed by atoms with E-state index < -0.39 is 0 Å². The Morgan fingerprint density at radius 3 is 2.67 bits per heavy atom. The van der Waals surface area contributed by atoms with Crippen LogP contribution in [0.2, 0.25) is 5.02 Å². The standard InChI is InChI=1S/C13H16ClN5OS/c1-7-4-8(2)12(10(14)5-7)16-11(20)6-21-13-18-17-9(3)19(13)15/h4-5H,6,15H2,1-3H3,(H,16,20). The maximum atomic E-state index is 12.0. The molecule has 1 heterocycles. The molecular weight excluding hydrogens is 310 g/mol. The van der Waals surface area contributed by atoms with Crippen LogP contribution in [0.15, 0.2) is 17.3 Å². The minimum atomic E-state index is -0.172. The van der Waals surface area contributed by atoms with Crippen molar-refractivity contribution in [2.24, 2.45) is 0 Å². The average molecular weight is 326 g/mol. The van der Waals surface area contributed by atoms with Crippen LogP contribution in [0.4, 0.5) is 5.69 Å². The highest BCUT2D eigenvalue weighted by atomic mass is 35.5. The molecule has 8 heteroatoms. The predicted molar refractivity (Wildman–Crippen MR) is 85.2 cm³/mol. The smallest absolute Gasteiger partial charge is 0.234 e. The Labute approximate surface area is 132 Å². The van der Waals surface area contributed by atoms with Gasteiger partial charge >= 0.3 is 0 Å². The SMILES string of the molecule is Cc1cc(C)c(NC(=O)CSc2nnc(C)n2N)c(Cl)c1. The van der Waals surface area contributed by atoms with Crippen LogP contribution in [0.1, 0.15) is 17.0 Å². The van der Waals surface area contributed by atoms with Crippen molar-refractivity contribution >= 4 is 35.0 Å². The molecule has 0 bridgehead atoms. The van der Waals surface area contributed by atoms with Crippen LogP contribution in [0.25, 0.3) is 0 Å². The van der Waals surface area contributed by atoms with E-state index in [0.717, 1.165) is 11.1 Å². The number of aromatic nitrogens is 3. The van der Waals surface area contributed by atoms with Crippen LogP contribution in [0.3, 0.4) is 0 Å². The number of carbonyl (C=O) groups excluding carboxylic acids is 1. The molecule has 3 N–H and O–H groups in total. The van der Waals surface area contributed by atoms with Crippen molar-refractivity contribution in [3.05, 3.63) is 34.1 Å². The second kappa shape index (κ2) is 6.36. The summed E-state index contributed by atoms with van der Waals surface area (Å²) in [5.74, 6) is 6.32. The van der Waals surface area contributed by atoms with E-state index in [9.17, 15) is 4.79 Å². The number of halogens is 1. The summed E-state index contributed by atoms with van der Waals surface area (Å²) in [6.07, 6.45) is 0. The summed E-state index contributed by atoms with van der Waals surface area (Å²) in [7, 11) is 0. The molecule has 0 aliphatic heterocycles. The first-order valence-electron chi connectivity index (χ1n) is 6.25. The molecule has 0 saturated heterocycles. The summed E-state index contributed by atoms with van der Waals surface area (Å²) >= 11 is 7.38. The molecule has 112 valence electrons. The zero-order chi connectivity index (χ0) is 15.6. The number of nitrogens with one attached hydrogen (secondary N) is 1. The summed E-state index contributed by atoms with van der Waals surface area (Å²) in [5, 5.41) is 11.6. The monoisotopic (exact) mass is 325 g/mol. The topological polar surface area (TPSA) is 85.8 Å². The maximum absolute atomic E-state index is 12.0. The third kappa shape index (κ3) is 3.68. The molecular formula is C13H16ClN5OS. The van der Waals surface area contributed by atoms with Crippen LogP contribution in [-0.2, 0) is 4.79 Å². The number of aryl methyl sites for hydroxylation is 3. The molecule has 2 rings (SSSR count). The van der Waals surface area contributed by atoms with E-state index in [-0.39, 0.29) is 11.7 Å². The van der Waals surface area contributed by atoms with E-state index in [0.29, 0.717) is 21.7 Å². The van der Waals surface area contributed by atoms with Gasteiger partial charge in [0.15, 0.2) is 0 Å². The second-order valence-electron chi connectivity index (χ2n) is 4.68. The van der Waals surface area contributed by atoms with Gasteiger partial charge in [-0.2, -0.15) is 0 Å². The lowest BCUT2D eigenvalue weighted by molar-refractivity contribution is -0.113. The number of rotatable bonds is 4. The highest BCUT2D eigenvalue weighted by molar-refractivity contribution is 7.99. The number of nitrogens with two attached hydrogens (primary N) is 1. The summed E-state index contributed by atoms with van der Waals surface area (Å²) in [6.45, 7) is 5.60. The van der Waals surface area contributed by atoms with Gasteiger partial charge in [0.25, 0.3) is 0 Å². The van der Waals surface area contributed by atoms with Gasteiger partial charge < -0.3 is 11.2 Å². The molecule has 2 aromatic rings. The fraction of sp³-hybridized carbons (Fsp3) is 0.308. The van der Waals surface area contributed by atoms with E-state index >= 15 is 0 Å². The van der Waals surface area contributed by atoms with Crippen molar-refractivity contribution in [2.45, 2.75) is 25.9 Å². The molecule has 0 unspecified atom stereocenters. The lowest BCUT2D eigenvalue weighted by atomic mass is 10.1.